The highest BCUT2D eigenvalue weighted by molar-refractivity contribution is 7.91. The number of carboxylic acid groups (broad SMARTS) is 1. The predicted molar refractivity (Wildman–Crippen MR) is 55.2 cm³/mol. The molecule has 4 nitrogen and oxygen atoms in total. The minimum absolute atomic E-state index is 0.0838. The molecule has 2 fully saturated rings. The van der Waals surface area contributed by atoms with Crippen molar-refractivity contribution in [1.29, 1.82) is 0 Å². The predicted octanol–water partition coefficient (Wildman–Crippen LogP) is 0.922. The summed E-state index contributed by atoms with van der Waals surface area (Å²) in [5.74, 6) is -0.810. The van der Waals surface area contributed by atoms with Crippen LogP contribution in [-0.2, 0) is 14.6 Å². The lowest BCUT2D eigenvalue weighted by Crippen LogP contribution is -2.35. The molecule has 1 saturated carbocycles. The Morgan fingerprint density at radius 3 is 2.33 bits per heavy atom. The molecule has 2 aliphatic rings. The Bertz CT molecular complexity index is 356. The quantitative estimate of drug-likeness (QED) is 0.785. The van der Waals surface area contributed by atoms with Crippen molar-refractivity contribution in [3.8, 4) is 0 Å². The number of aliphatic carboxylic acids is 1. The first kappa shape index (κ1) is 10.9. The van der Waals surface area contributed by atoms with Gasteiger partial charge in [-0.2, -0.15) is 0 Å². The zero-order chi connectivity index (χ0) is 11.1. The van der Waals surface area contributed by atoms with Crippen LogP contribution in [0.3, 0.4) is 0 Å². The van der Waals surface area contributed by atoms with Gasteiger partial charge in [0.05, 0.1) is 17.4 Å². The van der Waals surface area contributed by atoms with Crippen LogP contribution in [0.15, 0.2) is 0 Å². The van der Waals surface area contributed by atoms with Crippen LogP contribution >= 0.6 is 0 Å². The molecular weight excluding hydrogens is 216 g/mol. The topological polar surface area (TPSA) is 71.4 Å². The third-order valence-corrected chi connectivity index (χ3v) is 5.27. The first-order chi connectivity index (χ1) is 6.99. The van der Waals surface area contributed by atoms with E-state index < -0.39 is 21.7 Å². The monoisotopic (exact) mass is 232 g/mol. The van der Waals surface area contributed by atoms with Crippen molar-refractivity contribution < 1.29 is 18.3 Å². The molecule has 0 spiro atoms. The number of carbonyl (C=O) groups is 1. The fourth-order valence-corrected chi connectivity index (χ4v) is 4.38. The molecule has 0 bridgehead atoms. The Hall–Kier alpha value is -0.580. The maximum Gasteiger partial charge on any atom is 0.307 e. The van der Waals surface area contributed by atoms with Crippen LogP contribution in [0.4, 0.5) is 0 Å². The summed E-state index contributed by atoms with van der Waals surface area (Å²) in [4.78, 5) is 11.1. The van der Waals surface area contributed by atoms with E-state index in [1.165, 1.54) is 0 Å². The Morgan fingerprint density at radius 1 is 1.20 bits per heavy atom. The molecule has 1 saturated heterocycles. The average Bonchev–Trinajstić information content (AvgIpc) is 2.85. The van der Waals surface area contributed by atoms with Crippen molar-refractivity contribution in [3.63, 3.8) is 0 Å². The van der Waals surface area contributed by atoms with Crippen molar-refractivity contribution in [2.24, 2.45) is 17.8 Å². The highest BCUT2D eigenvalue weighted by atomic mass is 32.2. The van der Waals surface area contributed by atoms with Crippen molar-refractivity contribution >= 4 is 15.8 Å². The first-order valence-electron chi connectivity index (χ1n) is 5.43. The van der Waals surface area contributed by atoms with E-state index >= 15 is 0 Å². The van der Waals surface area contributed by atoms with Crippen molar-refractivity contribution in [3.05, 3.63) is 0 Å². The largest absolute Gasteiger partial charge is 0.481 e. The van der Waals surface area contributed by atoms with Gasteiger partial charge in [-0.05, 0) is 37.5 Å². The van der Waals surface area contributed by atoms with Crippen LogP contribution in [0.2, 0.25) is 0 Å². The van der Waals surface area contributed by atoms with Gasteiger partial charge in [-0.3, -0.25) is 4.79 Å². The van der Waals surface area contributed by atoms with E-state index in [2.05, 4.69) is 0 Å². The maximum absolute atomic E-state index is 11.4. The molecule has 0 radical (unpaired) electrons. The van der Waals surface area contributed by atoms with E-state index in [4.69, 9.17) is 5.11 Å². The molecule has 15 heavy (non-hydrogen) atoms. The van der Waals surface area contributed by atoms with Gasteiger partial charge in [0.2, 0.25) is 0 Å². The second-order valence-corrected chi connectivity index (χ2v) is 6.95. The molecule has 5 heteroatoms. The van der Waals surface area contributed by atoms with Crippen LogP contribution in [0.5, 0.6) is 0 Å². The summed E-state index contributed by atoms with van der Waals surface area (Å²) in [6, 6.07) is 0. The van der Waals surface area contributed by atoms with Gasteiger partial charge in [0.25, 0.3) is 0 Å². The fourth-order valence-electron chi connectivity index (χ4n) is 2.59. The molecule has 0 aromatic heterocycles. The van der Waals surface area contributed by atoms with Crippen LogP contribution in [0, 0.1) is 17.8 Å². The summed E-state index contributed by atoms with van der Waals surface area (Å²) in [6.45, 7) is 0. The molecule has 1 aliphatic carbocycles. The van der Waals surface area contributed by atoms with E-state index in [1.54, 1.807) is 0 Å². The summed E-state index contributed by atoms with van der Waals surface area (Å²) >= 11 is 0. The van der Waals surface area contributed by atoms with Gasteiger partial charge >= 0.3 is 5.97 Å². The Kier molecular flexibility index (Phi) is 2.75. The Balaban J connectivity index is 2.10. The van der Waals surface area contributed by atoms with E-state index in [-0.39, 0.29) is 23.3 Å². The number of hydrogen-bond acceptors (Lipinski definition) is 3. The lowest BCUT2D eigenvalue weighted by molar-refractivity contribution is -0.144. The molecule has 1 heterocycles. The van der Waals surface area contributed by atoms with Gasteiger partial charge in [0.15, 0.2) is 9.84 Å². The minimum Gasteiger partial charge on any atom is -0.481 e. The first-order valence-corrected chi connectivity index (χ1v) is 7.25. The summed E-state index contributed by atoms with van der Waals surface area (Å²) in [7, 11) is -2.98. The van der Waals surface area contributed by atoms with E-state index in [0.717, 1.165) is 19.3 Å². The van der Waals surface area contributed by atoms with Crippen molar-refractivity contribution in [2.75, 3.05) is 11.5 Å². The van der Waals surface area contributed by atoms with Gasteiger partial charge < -0.3 is 5.11 Å². The summed E-state index contributed by atoms with van der Waals surface area (Å²) in [5.41, 5.74) is 0. The summed E-state index contributed by atoms with van der Waals surface area (Å²) in [5, 5.41) is 9.11. The van der Waals surface area contributed by atoms with E-state index in [9.17, 15) is 13.2 Å². The number of carboxylic acids is 1. The second kappa shape index (κ2) is 3.77. The highest BCUT2D eigenvalue weighted by Gasteiger charge is 2.43. The number of hydrogen-bond donors (Lipinski definition) is 1. The number of rotatable bonds is 3. The summed E-state index contributed by atoms with van der Waals surface area (Å²) in [6.07, 6.45) is 3.29. The van der Waals surface area contributed by atoms with Crippen molar-refractivity contribution in [1.82, 2.24) is 0 Å². The zero-order valence-corrected chi connectivity index (χ0v) is 9.37. The van der Waals surface area contributed by atoms with Gasteiger partial charge in [-0.25, -0.2) is 8.42 Å². The summed E-state index contributed by atoms with van der Waals surface area (Å²) < 4.78 is 22.9. The van der Waals surface area contributed by atoms with Crippen LogP contribution in [0.25, 0.3) is 0 Å². The zero-order valence-electron chi connectivity index (χ0n) is 8.55. The smallest absolute Gasteiger partial charge is 0.307 e. The molecule has 1 N–H and O–H groups in total. The van der Waals surface area contributed by atoms with Crippen LogP contribution in [0.1, 0.15) is 25.7 Å². The SMILES string of the molecule is O=C(O)C(C1CC1)C1CCCS(=O)(=O)C1. The lowest BCUT2D eigenvalue weighted by Gasteiger charge is -2.27. The minimum atomic E-state index is -2.98. The van der Waals surface area contributed by atoms with E-state index in [1.807, 2.05) is 0 Å². The highest BCUT2D eigenvalue weighted by Crippen LogP contribution is 2.43. The standard InChI is InChI=1S/C10H16O4S/c11-10(12)9(7-3-4-7)8-2-1-5-15(13,14)6-8/h7-9H,1-6H2,(H,11,12). The Morgan fingerprint density at radius 2 is 1.87 bits per heavy atom. The average molecular weight is 232 g/mol. The second-order valence-electron chi connectivity index (χ2n) is 4.72. The molecule has 2 unspecified atom stereocenters. The normalized spacial score (nSPS) is 32.1. The number of sulfone groups is 1. The van der Waals surface area contributed by atoms with E-state index in [0.29, 0.717) is 6.42 Å². The molecule has 2 atom stereocenters. The third kappa shape index (κ3) is 2.51. The van der Waals surface area contributed by atoms with Gasteiger partial charge in [0.1, 0.15) is 0 Å². The molecular formula is C10H16O4S. The fraction of sp³-hybridized carbons (Fsp3) is 0.900. The maximum atomic E-state index is 11.4. The van der Waals surface area contributed by atoms with Gasteiger partial charge in [-0.15, -0.1) is 0 Å². The van der Waals surface area contributed by atoms with Gasteiger partial charge in [-0.1, -0.05) is 0 Å². The molecule has 0 amide bonds. The third-order valence-electron chi connectivity index (χ3n) is 3.42. The molecule has 0 aromatic carbocycles. The van der Waals surface area contributed by atoms with Crippen LogP contribution < -0.4 is 0 Å². The molecule has 2 rings (SSSR count). The molecule has 1 aliphatic heterocycles. The van der Waals surface area contributed by atoms with Gasteiger partial charge in [0, 0.05) is 0 Å². The van der Waals surface area contributed by atoms with Crippen LogP contribution in [-0.4, -0.2) is 31.0 Å². The molecule has 0 aromatic rings. The lowest BCUT2D eigenvalue weighted by atomic mass is 9.86. The van der Waals surface area contributed by atoms with Crippen molar-refractivity contribution in [2.45, 2.75) is 25.7 Å². The molecule has 86 valence electrons. The Labute approximate surface area is 89.6 Å².